The predicted molar refractivity (Wildman–Crippen MR) is 80.6 cm³/mol. The molecule has 1 atom stereocenters. The fraction of sp³-hybridized carbons (Fsp3) is 0.500. The van der Waals surface area contributed by atoms with Crippen molar-refractivity contribution in [2.75, 3.05) is 11.0 Å². The van der Waals surface area contributed by atoms with Gasteiger partial charge in [0.1, 0.15) is 5.75 Å². The summed E-state index contributed by atoms with van der Waals surface area (Å²) < 4.78 is 6.37. The Morgan fingerprint density at radius 1 is 1.50 bits per heavy atom. The van der Waals surface area contributed by atoms with Crippen molar-refractivity contribution in [2.24, 2.45) is 5.92 Å². The van der Waals surface area contributed by atoms with Crippen LogP contribution in [0.3, 0.4) is 0 Å². The summed E-state index contributed by atoms with van der Waals surface area (Å²) in [5.74, 6) is 1.38. The highest BCUT2D eigenvalue weighted by Crippen LogP contribution is 2.25. The highest BCUT2D eigenvalue weighted by Gasteiger charge is 2.18. The minimum absolute atomic E-state index is 0.0140. The zero-order valence-corrected chi connectivity index (χ0v) is 12.9. The van der Waals surface area contributed by atoms with E-state index in [2.05, 4.69) is 41.8 Å². The number of fused-ring (bicyclic) bond motifs is 1. The SMILES string of the molecule is CC(C)C(CI)NC(=O)c1ccc2c(c1)CCO2. The standard InChI is InChI=1S/C14H18INO2/c1-9(2)12(8-15)16-14(17)11-3-4-13-10(7-11)5-6-18-13/h3-4,7,9,12H,5-6,8H2,1-2H3,(H,16,17). The lowest BCUT2D eigenvalue weighted by atomic mass is 10.0. The minimum Gasteiger partial charge on any atom is -0.493 e. The molecule has 1 heterocycles. The molecule has 1 aliphatic heterocycles. The first-order valence-corrected chi connectivity index (χ1v) is 7.77. The summed E-state index contributed by atoms with van der Waals surface area (Å²) >= 11 is 2.31. The van der Waals surface area contributed by atoms with E-state index in [1.807, 2.05) is 18.2 Å². The molecule has 2 rings (SSSR count). The molecule has 4 heteroatoms. The molecule has 0 bridgehead atoms. The van der Waals surface area contributed by atoms with Gasteiger partial charge in [-0.1, -0.05) is 36.4 Å². The molecule has 98 valence electrons. The van der Waals surface area contributed by atoms with E-state index in [-0.39, 0.29) is 11.9 Å². The van der Waals surface area contributed by atoms with E-state index >= 15 is 0 Å². The van der Waals surface area contributed by atoms with Crippen LogP contribution < -0.4 is 10.1 Å². The highest BCUT2D eigenvalue weighted by molar-refractivity contribution is 14.1. The Hall–Kier alpha value is -0.780. The van der Waals surface area contributed by atoms with Gasteiger partial charge in [-0.15, -0.1) is 0 Å². The van der Waals surface area contributed by atoms with Crippen molar-refractivity contribution < 1.29 is 9.53 Å². The summed E-state index contributed by atoms with van der Waals surface area (Å²) in [5.41, 5.74) is 1.87. The Balaban J connectivity index is 2.09. The molecule has 1 N–H and O–H groups in total. The van der Waals surface area contributed by atoms with Gasteiger partial charge in [-0.05, 0) is 29.7 Å². The molecule has 1 unspecified atom stereocenters. The molecule has 1 aromatic carbocycles. The van der Waals surface area contributed by atoms with Crippen LogP contribution in [0.5, 0.6) is 5.75 Å². The molecule has 0 aromatic heterocycles. The summed E-state index contributed by atoms with van der Waals surface area (Å²) in [4.78, 5) is 12.2. The average Bonchev–Trinajstić information content (AvgIpc) is 2.82. The molecule has 0 spiro atoms. The number of benzene rings is 1. The largest absolute Gasteiger partial charge is 0.493 e. The van der Waals surface area contributed by atoms with Crippen molar-refractivity contribution in [3.63, 3.8) is 0 Å². The van der Waals surface area contributed by atoms with Crippen molar-refractivity contribution in [1.29, 1.82) is 0 Å². The van der Waals surface area contributed by atoms with Crippen molar-refractivity contribution in [3.8, 4) is 5.75 Å². The maximum atomic E-state index is 12.2. The number of carbonyl (C=O) groups excluding carboxylic acids is 1. The molecular formula is C14H18INO2. The third-order valence-corrected chi connectivity index (χ3v) is 4.19. The van der Waals surface area contributed by atoms with Gasteiger partial charge in [0.05, 0.1) is 6.61 Å². The van der Waals surface area contributed by atoms with Crippen molar-refractivity contribution in [2.45, 2.75) is 26.3 Å². The molecule has 18 heavy (non-hydrogen) atoms. The van der Waals surface area contributed by atoms with Crippen LogP contribution >= 0.6 is 22.6 Å². The van der Waals surface area contributed by atoms with Gasteiger partial charge < -0.3 is 10.1 Å². The summed E-state index contributed by atoms with van der Waals surface area (Å²) in [6.07, 6.45) is 0.899. The van der Waals surface area contributed by atoms with Gasteiger partial charge in [0.2, 0.25) is 0 Å². The van der Waals surface area contributed by atoms with E-state index in [1.54, 1.807) is 0 Å². The van der Waals surface area contributed by atoms with E-state index in [0.29, 0.717) is 5.92 Å². The lowest BCUT2D eigenvalue weighted by Crippen LogP contribution is -2.39. The zero-order chi connectivity index (χ0) is 13.1. The number of halogens is 1. The molecule has 1 amide bonds. The van der Waals surface area contributed by atoms with Crippen molar-refractivity contribution >= 4 is 28.5 Å². The first-order chi connectivity index (χ1) is 8.61. The Kier molecular flexibility index (Phi) is 4.48. The molecule has 0 saturated carbocycles. The summed E-state index contributed by atoms with van der Waals surface area (Å²) in [7, 11) is 0. The zero-order valence-electron chi connectivity index (χ0n) is 10.7. The number of amides is 1. The summed E-state index contributed by atoms with van der Waals surface area (Å²) in [6.45, 7) is 4.98. The van der Waals surface area contributed by atoms with Crippen LogP contribution in [0.15, 0.2) is 18.2 Å². The maximum absolute atomic E-state index is 12.2. The third kappa shape index (κ3) is 2.96. The lowest BCUT2D eigenvalue weighted by Gasteiger charge is -2.20. The van der Waals surface area contributed by atoms with Crippen molar-refractivity contribution in [3.05, 3.63) is 29.3 Å². The maximum Gasteiger partial charge on any atom is 0.251 e. The van der Waals surface area contributed by atoms with Gasteiger partial charge in [-0.2, -0.15) is 0 Å². The molecule has 0 aliphatic carbocycles. The first-order valence-electron chi connectivity index (χ1n) is 6.24. The van der Waals surface area contributed by atoms with E-state index in [1.165, 1.54) is 0 Å². The van der Waals surface area contributed by atoms with Crippen LogP contribution in [-0.4, -0.2) is 23.0 Å². The molecule has 1 aromatic rings. The topological polar surface area (TPSA) is 38.3 Å². The Morgan fingerprint density at radius 3 is 2.94 bits per heavy atom. The number of hydrogen-bond acceptors (Lipinski definition) is 2. The first kappa shape index (κ1) is 13.6. The third-order valence-electron chi connectivity index (χ3n) is 3.24. The van der Waals surface area contributed by atoms with Crippen LogP contribution in [0.25, 0.3) is 0 Å². The van der Waals surface area contributed by atoms with Gasteiger partial charge >= 0.3 is 0 Å². The van der Waals surface area contributed by atoms with Crippen LogP contribution in [0, 0.1) is 5.92 Å². The smallest absolute Gasteiger partial charge is 0.251 e. The lowest BCUT2D eigenvalue weighted by molar-refractivity contribution is 0.0932. The molecule has 0 radical (unpaired) electrons. The Labute approximate surface area is 121 Å². The van der Waals surface area contributed by atoms with E-state index in [4.69, 9.17) is 4.74 Å². The number of hydrogen-bond donors (Lipinski definition) is 1. The molecule has 0 saturated heterocycles. The molecule has 0 fully saturated rings. The van der Waals surface area contributed by atoms with Crippen LogP contribution in [0.2, 0.25) is 0 Å². The van der Waals surface area contributed by atoms with Gasteiger partial charge in [-0.25, -0.2) is 0 Å². The summed E-state index contributed by atoms with van der Waals surface area (Å²) in [5, 5.41) is 3.09. The summed E-state index contributed by atoms with van der Waals surface area (Å²) in [6, 6.07) is 5.90. The van der Waals surface area contributed by atoms with Gasteiger partial charge in [0.25, 0.3) is 5.91 Å². The van der Waals surface area contributed by atoms with E-state index < -0.39 is 0 Å². The Morgan fingerprint density at radius 2 is 2.28 bits per heavy atom. The molecule has 3 nitrogen and oxygen atoms in total. The minimum atomic E-state index is 0.0140. The van der Waals surface area contributed by atoms with Crippen molar-refractivity contribution in [1.82, 2.24) is 5.32 Å². The van der Waals surface area contributed by atoms with Gasteiger partial charge in [0.15, 0.2) is 0 Å². The van der Waals surface area contributed by atoms with Gasteiger partial charge in [0, 0.05) is 22.5 Å². The quantitative estimate of drug-likeness (QED) is 0.663. The second-order valence-corrected chi connectivity index (χ2v) is 5.78. The molecule has 1 aliphatic rings. The van der Waals surface area contributed by atoms with E-state index in [9.17, 15) is 4.79 Å². The number of carbonyl (C=O) groups is 1. The highest BCUT2D eigenvalue weighted by atomic mass is 127. The second kappa shape index (κ2) is 5.91. The normalized spacial score (nSPS) is 15.1. The predicted octanol–water partition coefficient (Wildman–Crippen LogP) is 2.81. The molecular weight excluding hydrogens is 341 g/mol. The fourth-order valence-electron chi connectivity index (χ4n) is 1.96. The van der Waals surface area contributed by atoms with E-state index in [0.717, 1.165) is 34.3 Å². The number of rotatable bonds is 4. The monoisotopic (exact) mass is 359 g/mol. The number of alkyl halides is 1. The number of ether oxygens (including phenoxy) is 1. The number of nitrogens with one attached hydrogen (secondary N) is 1. The van der Waals surface area contributed by atoms with Crippen LogP contribution in [0.1, 0.15) is 29.8 Å². The fourth-order valence-corrected chi connectivity index (χ4v) is 3.20. The Bertz CT molecular complexity index is 445. The van der Waals surface area contributed by atoms with Gasteiger partial charge in [-0.3, -0.25) is 4.79 Å². The average molecular weight is 359 g/mol. The second-order valence-electron chi connectivity index (χ2n) is 4.90. The van der Waals surface area contributed by atoms with Crippen LogP contribution in [-0.2, 0) is 6.42 Å². The van der Waals surface area contributed by atoms with Crippen LogP contribution in [0.4, 0.5) is 0 Å².